The highest BCUT2D eigenvalue weighted by Gasteiger charge is 2.17. The molecule has 3 nitrogen and oxygen atoms in total. The molecule has 2 aromatic carbocycles. The van der Waals surface area contributed by atoms with E-state index in [0.717, 1.165) is 17.6 Å². The van der Waals surface area contributed by atoms with Crippen LogP contribution in [0.4, 0.5) is 0 Å². The van der Waals surface area contributed by atoms with Gasteiger partial charge in [0.1, 0.15) is 0 Å². The summed E-state index contributed by atoms with van der Waals surface area (Å²) in [7, 11) is 1.97. The van der Waals surface area contributed by atoms with Gasteiger partial charge in [-0.2, -0.15) is 5.10 Å². The Morgan fingerprint density at radius 1 is 1.10 bits per heavy atom. The number of para-hydroxylation sites is 1. The number of hydrogen-bond donors (Lipinski definition) is 1. The molecule has 0 spiro atoms. The minimum absolute atomic E-state index is 0.0875. The van der Waals surface area contributed by atoms with Gasteiger partial charge >= 0.3 is 0 Å². The maximum Gasteiger partial charge on any atom is 0.0710 e. The summed E-state index contributed by atoms with van der Waals surface area (Å²) in [5, 5.41) is 15.6. The van der Waals surface area contributed by atoms with Gasteiger partial charge in [-0.05, 0) is 24.1 Å². The molecule has 3 heteroatoms. The Morgan fingerprint density at radius 2 is 1.81 bits per heavy atom. The van der Waals surface area contributed by atoms with Crippen LogP contribution in [0.1, 0.15) is 22.7 Å². The summed E-state index contributed by atoms with van der Waals surface area (Å²) < 4.78 is 1.91. The van der Waals surface area contributed by atoms with Crippen LogP contribution < -0.4 is 0 Å². The average Bonchev–Trinajstić information content (AvgIpc) is 2.82. The van der Waals surface area contributed by atoms with Gasteiger partial charge in [0.05, 0.1) is 17.8 Å². The third kappa shape index (κ3) is 2.57. The van der Waals surface area contributed by atoms with Gasteiger partial charge in [-0.3, -0.25) is 4.68 Å². The summed E-state index contributed by atoms with van der Waals surface area (Å²) in [4.78, 5) is 0. The molecule has 21 heavy (non-hydrogen) atoms. The Kier molecular flexibility index (Phi) is 3.76. The maximum absolute atomic E-state index is 9.81. The minimum Gasteiger partial charge on any atom is -0.396 e. The first-order valence-corrected chi connectivity index (χ1v) is 7.27. The standard InChI is InChI=1S/C18H20N2O/c1-13-7-3-4-8-15(13)14(12-21)11-17-16-9-5-6-10-18(16)20(2)19-17/h3-10,14,21H,11-12H2,1-2H3. The molecule has 1 N–H and O–H groups in total. The summed E-state index contributed by atoms with van der Waals surface area (Å²) >= 11 is 0. The largest absolute Gasteiger partial charge is 0.396 e. The van der Waals surface area contributed by atoms with Crippen LogP contribution in [0.3, 0.4) is 0 Å². The molecule has 0 bridgehead atoms. The number of aliphatic hydroxyl groups is 1. The summed E-state index contributed by atoms with van der Waals surface area (Å²) in [5.41, 5.74) is 4.61. The molecule has 1 atom stereocenters. The second-order valence-electron chi connectivity index (χ2n) is 5.53. The number of benzene rings is 2. The molecule has 0 saturated heterocycles. The second-order valence-corrected chi connectivity index (χ2v) is 5.53. The smallest absolute Gasteiger partial charge is 0.0710 e. The zero-order valence-corrected chi connectivity index (χ0v) is 12.5. The van der Waals surface area contributed by atoms with Crippen molar-refractivity contribution in [3.8, 4) is 0 Å². The number of aliphatic hydroxyl groups excluding tert-OH is 1. The van der Waals surface area contributed by atoms with E-state index in [2.05, 4.69) is 36.3 Å². The summed E-state index contributed by atoms with van der Waals surface area (Å²) in [6.07, 6.45) is 0.753. The number of aryl methyl sites for hydroxylation is 2. The second kappa shape index (κ2) is 5.70. The quantitative estimate of drug-likeness (QED) is 0.797. The number of hydrogen-bond acceptors (Lipinski definition) is 2. The SMILES string of the molecule is Cc1ccccc1C(CO)Cc1nn(C)c2ccccc12. The summed E-state index contributed by atoms with van der Waals surface area (Å²) in [6.45, 7) is 2.23. The van der Waals surface area contributed by atoms with Crippen LogP contribution in [0.15, 0.2) is 48.5 Å². The molecule has 0 aliphatic rings. The Labute approximate surface area is 124 Å². The Bertz CT molecular complexity index is 761. The zero-order valence-electron chi connectivity index (χ0n) is 12.5. The lowest BCUT2D eigenvalue weighted by Gasteiger charge is -2.16. The lowest BCUT2D eigenvalue weighted by Crippen LogP contribution is -2.10. The molecule has 0 aliphatic carbocycles. The van der Waals surface area contributed by atoms with Gasteiger partial charge in [0.25, 0.3) is 0 Å². The Balaban J connectivity index is 1.99. The lowest BCUT2D eigenvalue weighted by atomic mass is 9.91. The van der Waals surface area contributed by atoms with E-state index in [9.17, 15) is 5.11 Å². The van der Waals surface area contributed by atoms with Crippen LogP contribution in [0.2, 0.25) is 0 Å². The summed E-state index contributed by atoms with van der Waals surface area (Å²) in [6, 6.07) is 16.5. The van der Waals surface area contributed by atoms with Gasteiger partial charge in [-0.1, -0.05) is 42.5 Å². The molecule has 108 valence electrons. The molecule has 1 heterocycles. The molecule has 1 unspecified atom stereocenters. The molecule has 3 rings (SSSR count). The van der Waals surface area contributed by atoms with Crippen molar-refractivity contribution >= 4 is 10.9 Å². The third-order valence-corrected chi connectivity index (χ3v) is 4.12. The number of nitrogens with zero attached hydrogens (tertiary/aromatic N) is 2. The van der Waals surface area contributed by atoms with E-state index in [0.29, 0.717) is 0 Å². The summed E-state index contributed by atoms with van der Waals surface area (Å²) in [5.74, 6) is 0.0875. The van der Waals surface area contributed by atoms with Crippen LogP contribution in [0.25, 0.3) is 10.9 Å². The number of rotatable bonds is 4. The van der Waals surface area contributed by atoms with Gasteiger partial charge < -0.3 is 5.11 Å². The first-order chi connectivity index (χ1) is 10.2. The minimum atomic E-state index is 0.0875. The van der Waals surface area contributed by atoms with Crippen molar-refractivity contribution in [2.45, 2.75) is 19.3 Å². The maximum atomic E-state index is 9.81. The highest BCUT2D eigenvalue weighted by Crippen LogP contribution is 2.26. The van der Waals surface area contributed by atoms with Crippen LogP contribution >= 0.6 is 0 Å². The zero-order chi connectivity index (χ0) is 14.8. The molecular formula is C18H20N2O. The van der Waals surface area contributed by atoms with Crippen molar-refractivity contribution in [2.24, 2.45) is 7.05 Å². The van der Waals surface area contributed by atoms with Crippen molar-refractivity contribution in [3.63, 3.8) is 0 Å². The highest BCUT2D eigenvalue weighted by molar-refractivity contribution is 5.81. The molecular weight excluding hydrogens is 260 g/mol. The predicted octanol–water partition coefficient (Wildman–Crippen LogP) is 3.20. The van der Waals surface area contributed by atoms with Crippen molar-refractivity contribution in [1.82, 2.24) is 9.78 Å². The average molecular weight is 280 g/mol. The normalized spacial score (nSPS) is 12.7. The Morgan fingerprint density at radius 3 is 2.57 bits per heavy atom. The molecule has 0 saturated carbocycles. The Hall–Kier alpha value is -2.13. The van der Waals surface area contributed by atoms with Crippen molar-refractivity contribution < 1.29 is 5.11 Å². The van der Waals surface area contributed by atoms with Crippen molar-refractivity contribution in [2.75, 3.05) is 6.61 Å². The monoisotopic (exact) mass is 280 g/mol. The van der Waals surface area contributed by atoms with E-state index >= 15 is 0 Å². The van der Waals surface area contributed by atoms with Gasteiger partial charge in [-0.15, -0.1) is 0 Å². The number of aromatic nitrogens is 2. The van der Waals surface area contributed by atoms with Crippen molar-refractivity contribution in [3.05, 3.63) is 65.4 Å². The molecule has 0 radical (unpaired) electrons. The fraction of sp³-hybridized carbons (Fsp3) is 0.278. The molecule has 0 aliphatic heterocycles. The molecule has 1 aromatic heterocycles. The molecule has 3 aromatic rings. The van der Waals surface area contributed by atoms with Crippen LogP contribution in [-0.4, -0.2) is 21.5 Å². The first kappa shape index (κ1) is 13.8. The van der Waals surface area contributed by atoms with E-state index in [-0.39, 0.29) is 12.5 Å². The van der Waals surface area contributed by atoms with Gasteiger partial charge in [0, 0.05) is 24.8 Å². The lowest BCUT2D eigenvalue weighted by molar-refractivity contribution is 0.263. The van der Waals surface area contributed by atoms with Gasteiger partial charge in [0.15, 0.2) is 0 Å². The van der Waals surface area contributed by atoms with Crippen molar-refractivity contribution in [1.29, 1.82) is 0 Å². The van der Waals surface area contributed by atoms with E-state index in [1.165, 1.54) is 16.5 Å². The van der Waals surface area contributed by atoms with Crippen LogP contribution in [-0.2, 0) is 13.5 Å². The van der Waals surface area contributed by atoms with Crippen LogP contribution in [0, 0.1) is 6.92 Å². The molecule has 0 fully saturated rings. The van der Waals surface area contributed by atoms with E-state index in [4.69, 9.17) is 0 Å². The van der Waals surface area contributed by atoms with E-state index < -0.39 is 0 Å². The van der Waals surface area contributed by atoms with Gasteiger partial charge in [-0.25, -0.2) is 0 Å². The predicted molar refractivity (Wildman–Crippen MR) is 85.4 cm³/mol. The highest BCUT2D eigenvalue weighted by atomic mass is 16.3. The first-order valence-electron chi connectivity index (χ1n) is 7.27. The third-order valence-electron chi connectivity index (χ3n) is 4.12. The van der Waals surface area contributed by atoms with Crippen LogP contribution in [0.5, 0.6) is 0 Å². The van der Waals surface area contributed by atoms with E-state index in [1.54, 1.807) is 0 Å². The molecule has 0 amide bonds. The fourth-order valence-electron chi connectivity index (χ4n) is 2.99. The van der Waals surface area contributed by atoms with E-state index in [1.807, 2.05) is 36.0 Å². The van der Waals surface area contributed by atoms with Gasteiger partial charge in [0.2, 0.25) is 0 Å². The fourth-order valence-corrected chi connectivity index (χ4v) is 2.99. The number of fused-ring (bicyclic) bond motifs is 1. The topological polar surface area (TPSA) is 38.1 Å².